The van der Waals surface area contributed by atoms with Gasteiger partial charge < -0.3 is 10.0 Å². The number of carbonyl (C=O) groups is 1. The van der Waals surface area contributed by atoms with E-state index in [1.807, 2.05) is 0 Å². The molecule has 0 radical (unpaired) electrons. The zero-order valence-electron chi connectivity index (χ0n) is 11.1. The maximum absolute atomic E-state index is 13.6. The monoisotopic (exact) mass is 281 g/mol. The summed E-state index contributed by atoms with van der Waals surface area (Å²) in [5, 5.41) is 10.2. The lowest BCUT2D eigenvalue weighted by molar-refractivity contribution is 0.0370. The molecule has 0 aliphatic heterocycles. The van der Waals surface area contributed by atoms with Crippen LogP contribution in [-0.4, -0.2) is 35.1 Å². The van der Waals surface area contributed by atoms with Crippen molar-refractivity contribution in [1.82, 2.24) is 4.90 Å². The standard InChI is InChI=1S/C14H16FNO2S/c1-14(2,18)8-16(3)13(17)12-7-9-10(15)5-4-6-11(9)19-12/h4-7,18H,8H2,1-3H3. The summed E-state index contributed by atoms with van der Waals surface area (Å²) in [6, 6.07) is 6.36. The first-order valence-corrected chi connectivity index (χ1v) is 6.75. The number of nitrogens with zero attached hydrogens (tertiary/aromatic N) is 1. The number of hydrogen-bond acceptors (Lipinski definition) is 3. The summed E-state index contributed by atoms with van der Waals surface area (Å²) in [7, 11) is 1.63. The van der Waals surface area contributed by atoms with Gasteiger partial charge in [0.1, 0.15) is 5.82 Å². The predicted molar refractivity (Wildman–Crippen MR) is 75.0 cm³/mol. The first-order valence-electron chi connectivity index (χ1n) is 5.94. The Kier molecular flexibility index (Phi) is 3.60. The van der Waals surface area contributed by atoms with E-state index in [9.17, 15) is 14.3 Å². The van der Waals surface area contributed by atoms with Gasteiger partial charge in [-0.05, 0) is 32.0 Å². The van der Waals surface area contributed by atoms with E-state index in [1.54, 1.807) is 39.1 Å². The lowest BCUT2D eigenvalue weighted by Crippen LogP contribution is -2.39. The summed E-state index contributed by atoms with van der Waals surface area (Å²) in [6.07, 6.45) is 0. The van der Waals surface area contributed by atoms with Crippen LogP contribution < -0.4 is 0 Å². The molecule has 102 valence electrons. The van der Waals surface area contributed by atoms with Gasteiger partial charge in [-0.25, -0.2) is 4.39 Å². The number of fused-ring (bicyclic) bond motifs is 1. The highest BCUT2D eigenvalue weighted by atomic mass is 32.1. The van der Waals surface area contributed by atoms with Crippen LogP contribution in [0.1, 0.15) is 23.5 Å². The van der Waals surface area contributed by atoms with E-state index in [-0.39, 0.29) is 18.3 Å². The molecule has 0 saturated carbocycles. The fourth-order valence-electron chi connectivity index (χ4n) is 1.97. The molecule has 1 aromatic heterocycles. The molecule has 1 N–H and O–H groups in total. The van der Waals surface area contributed by atoms with Crippen molar-refractivity contribution in [3.05, 3.63) is 35.0 Å². The van der Waals surface area contributed by atoms with E-state index in [4.69, 9.17) is 0 Å². The Hall–Kier alpha value is -1.46. The molecule has 1 heterocycles. The van der Waals surface area contributed by atoms with E-state index in [0.29, 0.717) is 10.3 Å². The third-order valence-corrected chi connectivity index (χ3v) is 3.78. The number of aliphatic hydroxyl groups is 1. The van der Waals surface area contributed by atoms with Crippen molar-refractivity contribution in [2.75, 3.05) is 13.6 Å². The summed E-state index contributed by atoms with van der Waals surface area (Å²) < 4.78 is 14.3. The van der Waals surface area contributed by atoms with Gasteiger partial charge in [-0.3, -0.25) is 4.79 Å². The van der Waals surface area contributed by atoms with Crippen LogP contribution in [0.15, 0.2) is 24.3 Å². The third kappa shape index (κ3) is 3.11. The Morgan fingerprint density at radius 1 is 1.47 bits per heavy atom. The van der Waals surface area contributed by atoms with Gasteiger partial charge in [-0.2, -0.15) is 0 Å². The molecule has 0 saturated heterocycles. The first kappa shape index (κ1) is 14.0. The van der Waals surface area contributed by atoms with Crippen LogP contribution in [-0.2, 0) is 0 Å². The van der Waals surface area contributed by atoms with Crippen LogP contribution in [0.2, 0.25) is 0 Å². The summed E-state index contributed by atoms with van der Waals surface area (Å²) in [4.78, 5) is 14.1. The Morgan fingerprint density at radius 2 is 2.16 bits per heavy atom. The first-order chi connectivity index (χ1) is 8.78. The molecule has 0 fully saturated rings. The van der Waals surface area contributed by atoms with Gasteiger partial charge in [0.15, 0.2) is 0 Å². The van der Waals surface area contributed by atoms with Gasteiger partial charge in [0.2, 0.25) is 0 Å². The summed E-state index contributed by atoms with van der Waals surface area (Å²) in [5.41, 5.74) is -0.952. The van der Waals surface area contributed by atoms with Crippen LogP contribution in [0.3, 0.4) is 0 Å². The second-order valence-electron chi connectivity index (χ2n) is 5.24. The number of hydrogen-bond donors (Lipinski definition) is 1. The van der Waals surface area contributed by atoms with Crippen molar-refractivity contribution in [3.63, 3.8) is 0 Å². The molecule has 0 spiro atoms. The summed E-state index contributed by atoms with van der Waals surface area (Å²) >= 11 is 1.26. The van der Waals surface area contributed by atoms with Crippen LogP contribution in [0.25, 0.3) is 10.1 Å². The minimum atomic E-state index is -0.952. The molecule has 0 aliphatic carbocycles. The van der Waals surface area contributed by atoms with Crippen molar-refractivity contribution in [2.45, 2.75) is 19.4 Å². The van der Waals surface area contributed by atoms with Crippen LogP contribution >= 0.6 is 11.3 Å². The number of thiophene rings is 1. The highest BCUT2D eigenvalue weighted by Crippen LogP contribution is 2.28. The molecule has 0 atom stereocenters. The van der Waals surface area contributed by atoms with Crippen molar-refractivity contribution in [1.29, 1.82) is 0 Å². The van der Waals surface area contributed by atoms with Crippen molar-refractivity contribution in [3.8, 4) is 0 Å². The molecule has 19 heavy (non-hydrogen) atoms. The number of rotatable bonds is 3. The molecule has 0 aliphatic rings. The van der Waals surface area contributed by atoms with Crippen molar-refractivity contribution in [2.24, 2.45) is 0 Å². The molecular weight excluding hydrogens is 265 g/mol. The highest BCUT2D eigenvalue weighted by molar-refractivity contribution is 7.20. The second-order valence-corrected chi connectivity index (χ2v) is 6.32. The smallest absolute Gasteiger partial charge is 0.263 e. The molecule has 1 aromatic carbocycles. The molecule has 5 heteroatoms. The number of benzene rings is 1. The van der Waals surface area contributed by atoms with Crippen molar-refractivity contribution >= 4 is 27.3 Å². The number of carbonyl (C=O) groups excluding carboxylic acids is 1. The van der Waals surface area contributed by atoms with Crippen LogP contribution in [0, 0.1) is 5.82 Å². The fourth-order valence-corrected chi connectivity index (χ4v) is 3.04. The molecule has 2 aromatic rings. The predicted octanol–water partition coefficient (Wildman–Crippen LogP) is 2.88. The van der Waals surface area contributed by atoms with Gasteiger partial charge >= 0.3 is 0 Å². The summed E-state index contributed by atoms with van der Waals surface area (Å²) in [6.45, 7) is 3.51. The van der Waals surface area contributed by atoms with Gasteiger partial charge in [-0.15, -0.1) is 11.3 Å². The normalized spacial score (nSPS) is 11.8. The Bertz CT molecular complexity index is 615. The average Bonchev–Trinajstić information content (AvgIpc) is 2.71. The minimum Gasteiger partial charge on any atom is -0.389 e. The van der Waals surface area contributed by atoms with E-state index >= 15 is 0 Å². The quantitative estimate of drug-likeness (QED) is 0.939. The molecule has 3 nitrogen and oxygen atoms in total. The van der Waals surface area contributed by atoms with Gasteiger partial charge in [0.05, 0.1) is 10.5 Å². The number of amides is 1. The maximum atomic E-state index is 13.6. The zero-order chi connectivity index (χ0) is 14.2. The van der Waals surface area contributed by atoms with Gasteiger partial charge in [0, 0.05) is 23.7 Å². The molecular formula is C14H16FNO2S. The van der Waals surface area contributed by atoms with Gasteiger partial charge in [0.25, 0.3) is 5.91 Å². The topological polar surface area (TPSA) is 40.5 Å². The summed E-state index contributed by atoms with van der Waals surface area (Å²) in [5.74, 6) is -0.527. The Labute approximate surface area is 115 Å². The lowest BCUT2D eigenvalue weighted by atomic mass is 10.1. The van der Waals surface area contributed by atoms with Crippen LogP contribution in [0.5, 0.6) is 0 Å². The van der Waals surface area contributed by atoms with Gasteiger partial charge in [-0.1, -0.05) is 6.07 Å². The molecule has 2 rings (SSSR count). The highest BCUT2D eigenvalue weighted by Gasteiger charge is 2.22. The minimum absolute atomic E-state index is 0.206. The van der Waals surface area contributed by atoms with E-state index < -0.39 is 5.60 Å². The zero-order valence-corrected chi connectivity index (χ0v) is 11.9. The average molecular weight is 281 g/mol. The largest absolute Gasteiger partial charge is 0.389 e. The van der Waals surface area contributed by atoms with Crippen LogP contribution in [0.4, 0.5) is 4.39 Å². The third-order valence-electron chi connectivity index (χ3n) is 2.69. The fraction of sp³-hybridized carbons (Fsp3) is 0.357. The molecule has 0 bridgehead atoms. The van der Waals surface area contributed by atoms with Crippen molar-refractivity contribution < 1.29 is 14.3 Å². The second kappa shape index (κ2) is 4.90. The van der Waals surface area contributed by atoms with E-state index in [0.717, 1.165) is 4.70 Å². The Morgan fingerprint density at radius 3 is 2.74 bits per heavy atom. The number of likely N-dealkylation sites (N-methyl/N-ethyl adjacent to an activating group) is 1. The van der Waals surface area contributed by atoms with E-state index in [1.165, 1.54) is 22.3 Å². The molecule has 0 unspecified atom stereocenters. The Balaban J connectivity index is 2.29. The SMILES string of the molecule is CN(CC(C)(C)O)C(=O)c1cc2c(F)cccc2s1. The number of halogens is 1. The molecule has 1 amide bonds. The maximum Gasteiger partial charge on any atom is 0.263 e. The van der Waals surface area contributed by atoms with E-state index in [2.05, 4.69) is 0 Å². The lowest BCUT2D eigenvalue weighted by Gasteiger charge is -2.25.